The van der Waals surface area contributed by atoms with Gasteiger partial charge in [0, 0.05) is 114 Å². The maximum Gasteiger partial charge on any atom is 0.302 e. The minimum atomic E-state index is -0.877. The molecule has 15 atom stereocenters. The van der Waals surface area contributed by atoms with Crippen molar-refractivity contribution in [2.45, 2.75) is 168 Å². The van der Waals surface area contributed by atoms with Crippen molar-refractivity contribution in [3.8, 4) is 63.6 Å². The van der Waals surface area contributed by atoms with Crippen LogP contribution in [-0.2, 0) is 50.9 Å². The number of carbonyl (C=O) groups is 1. The van der Waals surface area contributed by atoms with Crippen LogP contribution < -0.4 is 35.9 Å². The van der Waals surface area contributed by atoms with Gasteiger partial charge in [0.1, 0.15) is 42.0 Å². The van der Waals surface area contributed by atoms with E-state index >= 15 is 0 Å². The molecule has 4 fully saturated rings. The Bertz CT molecular complexity index is 4080. The number of dihydropyridines is 1. The summed E-state index contributed by atoms with van der Waals surface area (Å²) in [7, 11) is 7.29. The van der Waals surface area contributed by atoms with Gasteiger partial charge in [-0.1, -0.05) is 150 Å². The summed E-state index contributed by atoms with van der Waals surface area (Å²) in [4.78, 5) is 13.6. The van der Waals surface area contributed by atoms with Crippen LogP contribution in [0.5, 0.6) is 28.7 Å². The summed E-state index contributed by atoms with van der Waals surface area (Å²) in [6.07, 6.45) is 21.5. The number of methoxy groups -OCH3 is 2. The number of rotatable bonds is 8. The van der Waals surface area contributed by atoms with Gasteiger partial charge in [-0.25, -0.2) is 0 Å². The molecule has 16 rings (SSSR count). The van der Waals surface area contributed by atoms with E-state index < -0.39 is 41.6 Å². The van der Waals surface area contributed by atoms with Crippen molar-refractivity contribution in [3.05, 3.63) is 164 Å². The number of nitrogens with two attached hydrogens (primary N) is 1. The number of hydrogen-bond donors (Lipinski definition) is 7. The van der Waals surface area contributed by atoms with E-state index in [1.807, 2.05) is 27.7 Å². The van der Waals surface area contributed by atoms with Crippen LogP contribution in [0.15, 0.2) is 108 Å². The highest BCUT2D eigenvalue weighted by Gasteiger charge is 2.57. The van der Waals surface area contributed by atoms with Gasteiger partial charge in [-0.05, 0) is 145 Å². The van der Waals surface area contributed by atoms with Gasteiger partial charge in [0.05, 0.1) is 42.8 Å². The van der Waals surface area contributed by atoms with Crippen molar-refractivity contribution in [3.63, 3.8) is 0 Å². The molecule has 1 saturated heterocycles. The van der Waals surface area contributed by atoms with Gasteiger partial charge < -0.3 is 60.7 Å². The van der Waals surface area contributed by atoms with Crippen LogP contribution >= 0.6 is 21.6 Å². The number of allylic oxidation sites excluding steroid dienone is 3. The highest BCUT2D eigenvalue weighted by Crippen LogP contribution is 2.66. The van der Waals surface area contributed by atoms with Crippen molar-refractivity contribution >= 4 is 33.6 Å². The Hall–Kier alpha value is -6.79. The molecule has 1 unspecified atom stereocenters. The number of aliphatic hydroxyl groups is 1. The molecule has 8 N–H and O–H groups in total. The highest BCUT2D eigenvalue weighted by atomic mass is 33.1. The molecule has 6 heterocycles. The third-order valence-electron chi connectivity index (χ3n) is 24.0. The molecule has 6 aliphatic heterocycles. The number of benzene rings is 5. The number of phenolic OH excluding ortho intramolecular Hbond substituents is 2. The van der Waals surface area contributed by atoms with Crippen LogP contribution in [0, 0.1) is 59.2 Å². The predicted octanol–water partition coefficient (Wildman–Crippen LogP) is 12.9. The smallest absolute Gasteiger partial charge is 0.302 e. The van der Waals surface area contributed by atoms with Gasteiger partial charge in [-0.2, -0.15) is 0 Å². The number of phenols is 2. The third kappa shape index (κ3) is 11.4. The van der Waals surface area contributed by atoms with Crippen molar-refractivity contribution in [2.75, 3.05) is 46.3 Å². The maximum atomic E-state index is 14.1. The number of carbonyl (C=O) groups excluding carboxylic acids is 1. The van der Waals surface area contributed by atoms with E-state index in [4.69, 9.17) is 29.4 Å². The second-order valence-corrected chi connectivity index (χ2v) is 32.3. The zero-order chi connectivity index (χ0) is 65.4. The molecule has 500 valence electrons. The van der Waals surface area contributed by atoms with Crippen LogP contribution in [-0.4, -0.2) is 97.2 Å². The lowest BCUT2D eigenvalue weighted by Gasteiger charge is -2.49. The molecule has 5 aromatic rings. The van der Waals surface area contributed by atoms with Crippen molar-refractivity contribution in [1.29, 1.82) is 0 Å². The number of fused-ring (bicyclic) bond motifs is 16. The van der Waals surface area contributed by atoms with Crippen LogP contribution in [0.25, 0.3) is 17.2 Å². The predicted molar refractivity (Wildman–Crippen MR) is 379 cm³/mol. The molecule has 5 aromatic carbocycles. The average Bonchev–Trinajstić information content (AvgIpc) is 1.48. The normalized spacial score (nSPS) is 31.7. The van der Waals surface area contributed by atoms with Gasteiger partial charge >= 0.3 is 5.97 Å². The molecular formula is C81H90N4O9S2. The summed E-state index contributed by atoms with van der Waals surface area (Å²) < 4.78 is 35.0. The number of esters is 1. The van der Waals surface area contributed by atoms with Crippen LogP contribution in [0.3, 0.4) is 0 Å². The Labute approximate surface area is 573 Å². The monoisotopic (exact) mass is 1330 g/mol. The SMILES string of the molecule is COC[C@@H]1[C@H](CO)CNCc2c(O)c3c(c4c2[C@H]2C#CC5=C(C=CC(N)N5)[C@@H]([C@@H]5CC[C@@]6(Cc7cc(O)cc(OC)c7-c7ccc8c(c76)O[C@H]4[C@H]8COC(C)=O)C5)C4(CCCCC4)c4cccc(c4)C[C@H]1C#C2)C=C[C@@H]1N[C@@H]2CCC[C@@H](CSS[C@@H](Cc4ccccc4)[C@@H]1O3)C2. The molecule has 2 spiro atoms. The molecule has 0 aromatic heterocycles. The molecule has 0 amide bonds. The van der Waals surface area contributed by atoms with Gasteiger partial charge in [0.15, 0.2) is 11.5 Å². The summed E-state index contributed by atoms with van der Waals surface area (Å²) in [5.74, 6) is 16.8. The first kappa shape index (κ1) is 63.9. The molecule has 15 heteroatoms. The first-order valence-electron chi connectivity index (χ1n) is 35.5. The fraction of sp³-hybridized carbons (Fsp3) is 0.494. The lowest BCUT2D eigenvalue weighted by Crippen LogP contribution is -2.52. The zero-order valence-electron chi connectivity index (χ0n) is 55.4. The maximum absolute atomic E-state index is 14.1. The highest BCUT2D eigenvalue weighted by molar-refractivity contribution is 8.77. The van der Waals surface area contributed by atoms with Crippen molar-refractivity contribution in [2.24, 2.45) is 41.2 Å². The molecule has 3 saturated carbocycles. The van der Waals surface area contributed by atoms with Crippen LogP contribution in [0.4, 0.5) is 0 Å². The van der Waals surface area contributed by atoms with E-state index in [9.17, 15) is 20.1 Å². The second-order valence-electron chi connectivity index (χ2n) is 29.6. The Morgan fingerprint density at radius 2 is 1.76 bits per heavy atom. The molecule has 11 bridgehead atoms. The standard InChI is InChI=1S/C81H90N4O9S2/c1-46(87)92-44-64-58-21-22-60-70-53(36-57(88)37-67(70)91-3)39-80-31-28-52(38-80)73-59-24-27-69(82)85-65(59)25-20-50-18-19-51(32-48-14-10-16-55(33-48)81(73)29-8-5-9-30-81)63(43-90-2)54(42-86)40-83-41-62-71(50)72(76(64)93-77(58)74(60)80)61-23-26-66-79(94-78(61)75(62)89)68(35-47-12-6-4-7-13-47)96-95-45-49-15-11-17-56(34-49)84-66/h4,6-7,10,12-14,16,21-24,26-27,33,36-37,49-52,54,56,63-64,66,68-69,73,76,79,83-86,88-89H,5,8-9,11,15,17,28-32,34-35,38-45,82H2,1-3H3/t49-,50-,51-,52-,54+,56-,63+,64+,66+,68+,69?,73-,76+,79-,80+/m1/s1. The number of aromatic hydroxyl groups is 2. The molecule has 5 aliphatic carbocycles. The fourth-order valence-electron chi connectivity index (χ4n) is 19.9. The van der Waals surface area contributed by atoms with E-state index in [1.165, 1.54) is 30.0 Å². The van der Waals surface area contributed by atoms with Gasteiger partial charge in [-0.3, -0.25) is 4.79 Å². The quantitative estimate of drug-likeness (QED) is 0.0442. The first-order valence-corrected chi connectivity index (χ1v) is 37.9. The van der Waals surface area contributed by atoms with Crippen molar-refractivity contribution < 1.29 is 43.8 Å². The minimum absolute atomic E-state index is 0.00119. The largest absolute Gasteiger partial charge is 0.508 e. The summed E-state index contributed by atoms with van der Waals surface area (Å²) in [6, 6.07) is 28.3. The minimum Gasteiger partial charge on any atom is -0.508 e. The van der Waals surface area contributed by atoms with E-state index in [0.29, 0.717) is 60.1 Å². The number of hydrogen-bond acceptors (Lipinski definition) is 15. The summed E-state index contributed by atoms with van der Waals surface area (Å²) in [5, 5.41) is 49.3. The second kappa shape index (κ2) is 26.5. The zero-order valence-corrected chi connectivity index (χ0v) is 57.1. The number of aliphatic hydroxyl groups excluding tert-OH is 1. The van der Waals surface area contributed by atoms with Gasteiger partial charge in [0.2, 0.25) is 0 Å². The van der Waals surface area contributed by atoms with E-state index in [0.717, 1.165) is 133 Å². The number of ether oxygens (including phenoxy) is 5. The summed E-state index contributed by atoms with van der Waals surface area (Å²) >= 11 is 0. The molecule has 11 aliphatic rings. The molecule has 0 radical (unpaired) electrons. The Morgan fingerprint density at radius 3 is 2.59 bits per heavy atom. The summed E-state index contributed by atoms with van der Waals surface area (Å²) in [5.41, 5.74) is 19.7. The number of nitrogens with one attached hydrogen (secondary N) is 3. The Balaban J connectivity index is 1.03. The Morgan fingerprint density at radius 1 is 0.885 bits per heavy atom. The fourth-order valence-corrected chi connectivity index (χ4v) is 23.1. The molecule has 96 heavy (non-hydrogen) atoms. The van der Waals surface area contributed by atoms with Crippen LogP contribution in [0.1, 0.15) is 158 Å². The molecular weight excluding hydrogens is 1240 g/mol. The third-order valence-corrected chi connectivity index (χ3v) is 27.0. The van der Waals surface area contributed by atoms with E-state index in [2.05, 4.69) is 131 Å². The topological polar surface area (TPSA) is 186 Å². The van der Waals surface area contributed by atoms with Gasteiger partial charge in [0.25, 0.3) is 0 Å². The lowest BCUT2D eigenvalue weighted by atomic mass is 9.55. The van der Waals surface area contributed by atoms with E-state index in [-0.39, 0.29) is 83.6 Å². The molecule has 13 nitrogen and oxygen atoms in total. The average molecular weight is 1330 g/mol. The van der Waals surface area contributed by atoms with E-state index in [1.54, 1.807) is 20.3 Å². The Kier molecular flexibility index (Phi) is 17.6. The van der Waals surface area contributed by atoms with Crippen LogP contribution in [0.2, 0.25) is 0 Å². The summed E-state index contributed by atoms with van der Waals surface area (Å²) in [6.45, 7) is 2.28. The van der Waals surface area contributed by atoms with Gasteiger partial charge in [-0.15, -0.1) is 0 Å². The lowest BCUT2D eigenvalue weighted by molar-refractivity contribution is -0.141. The first-order chi connectivity index (χ1) is 46.9. The van der Waals surface area contributed by atoms with Crippen molar-refractivity contribution in [1.82, 2.24) is 16.0 Å².